The van der Waals surface area contributed by atoms with Gasteiger partial charge < -0.3 is 5.11 Å². The van der Waals surface area contributed by atoms with Crippen molar-refractivity contribution in [2.45, 2.75) is 0 Å². The Balaban J connectivity index is 2.13. The summed E-state index contributed by atoms with van der Waals surface area (Å²) in [6, 6.07) is 10.6. The van der Waals surface area contributed by atoms with Crippen molar-refractivity contribution in [3.63, 3.8) is 0 Å². The predicted octanol–water partition coefficient (Wildman–Crippen LogP) is 5.68. The highest BCUT2D eigenvalue weighted by Gasteiger charge is 2.18. The molecule has 3 rings (SSSR count). The van der Waals surface area contributed by atoms with Crippen molar-refractivity contribution in [1.82, 2.24) is 4.98 Å². The maximum absolute atomic E-state index is 13.6. The molecule has 2 aromatic carbocycles. The van der Waals surface area contributed by atoms with Crippen molar-refractivity contribution in [3.05, 3.63) is 75.9 Å². The molecule has 0 bridgehead atoms. The van der Waals surface area contributed by atoms with Gasteiger partial charge in [-0.15, -0.1) is 0 Å². The second-order valence-electron chi connectivity index (χ2n) is 5.35. The number of benzene rings is 2. The third-order valence-electron chi connectivity index (χ3n) is 3.61. The van der Waals surface area contributed by atoms with Gasteiger partial charge in [0.25, 0.3) is 0 Å². The first-order valence-electron chi connectivity index (χ1n) is 7.48. The smallest absolute Gasteiger partial charge is 0.152 e. The first-order chi connectivity index (χ1) is 12.9. The largest absolute Gasteiger partial charge is 0.505 e. The first-order valence-corrected chi connectivity index (χ1v) is 8.24. The standard InChI is InChI=1S/C19H9Cl2F2N3O/c20-14-3-1-10(22)7-13(14)18-19(27)12(5-6-25-18)17(9-24)26-11-2-4-16(23)15(21)8-11/h1-8,27H/b26-17+. The van der Waals surface area contributed by atoms with Crippen LogP contribution in [0.4, 0.5) is 14.5 Å². The maximum Gasteiger partial charge on any atom is 0.152 e. The van der Waals surface area contributed by atoms with Gasteiger partial charge >= 0.3 is 0 Å². The van der Waals surface area contributed by atoms with Gasteiger partial charge in [-0.2, -0.15) is 5.26 Å². The number of pyridine rings is 1. The lowest BCUT2D eigenvalue weighted by atomic mass is 10.0. The summed E-state index contributed by atoms with van der Waals surface area (Å²) in [6.07, 6.45) is 1.33. The van der Waals surface area contributed by atoms with Gasteiger partial charge in [0, 0.05) is 11.8 Å². The number of aliphatic imine (C=N–C) groups is 1. The van der Waals surface area contributed by atoms with Crippen LogP contribution in [0.3, 0.4) is 0 Å². The normalized spacial score (nSPS) is 11.3. The molecule has 1 N–H and O–H groups in total. The van der Waals surface area contributed by atoms with Crippen molar-refractivity contribution < 1.29 is 13.9 Å². The van der Waals surface area contributed by atoms with Crippen LogP contribution in [0.1, 0.15) is 5.56 Å². The van der Waals surface area contributed by atoms with E-state index in [-0.39, 0.29) is 38.3 Å². The van der Waals surface area contributed by atoms with E-state index in [4.69, 9.17) is 23.2 Å². The summed E-state index contributed by atoms with van der Waals surface area (Å²) in [5.74, 6) is -1.57. The maximum atomic E-state index is 13.6. The van der Waals surface area contributed by atoms with Crippen molar-refractivity contribution in [2.24, 2.45) is 4.99 Å². The van der Waals surface area contributed by atoms with Crippen LogP contribution in [0.25, 0.3) is 11.3 Å². The van der Waals surface area contributed by atoms with E-state index in [1.165, 1.54) is 36.5 Å². The SMILES string of the molecule is N#C/C(=N\c1ccc(F)c(Cl)c1)c1ccnc(-c2cc(F)ccc2Cl)c1O. The number of nitrogens with zero attached hydrogens (tertiary/aromatic N) is 3. The Morgan fingerprint density at radius 1 is 1.07 bits per heavy atom. The lowest BCUT2D eigenvalue weighted by Gasteiger charge is -2.09. The van der Waals surface area contributed by atoms with Crippen LogP contribution in [-0.2, 0) is 0 Å². The van der Waals surface area contributed by atoms with Crippen LogP contribution in [0.5, 0.6) is 5.75 Å². The van der Waals surface area contributed by atoms with E-state index in [0.29, 0.717) is 0 Å². The Morgan fingerprint density at radius 3 is 2.56 bits per heavy atom. The van der Waals surface area contributed by atoms with E-state index in [1.54, 1.807) is 0 Å². The lowest BCUT2D eigenvalue weighted by molar-refractivity contribution is 0.474. The van der Waals surface area contributed by atoms with E-state index in [2.05, 4.69) is 9.98 Å². The average molecular weight is 404 g/mol. The molecular weight excluding hydrogens is 395 g/mol. The topological polar surface area (TPSA) is 69.3 Å². The van der Waals surface area contributed by atoms with E-state index in [1.807, 2.05) is 6.07 Å². The summed E-state index contributed by atoms with van der Waals surface area (Å²) in [6.45, 7) is 0. The summed E-state index contributed by atoms with van der Waals surface area (Å²) in [5, 5.41) is 20.0. The fraction of sp³-hybridized carbons (Fsp3) is 0. The van der Waals surface area contributed by atoms with Crippen molar-refractivity contribution in [3.8, 4) is 23.1 Å². The minimum absolute atomic E-state index is 0.00270. The minimum Gasteiger partial charge on any atom is -0.505 e. The molecule has 0 fully saturated rings. The Bertz CT molecular complexity index is 1110. The zero-order valence-electron chi connectivity index (χ0n) is 13.4. The third kappa shape index (κ3) is 3.90. The Labute approximate surface area is 163 Å². The van der Waals surface area contributed by atoms with Gasteiger partial charge in [-0.3, -0.25) is 4.98 Å². The van der Waals surface area contributed by atoms with Gasteiger partial charge in [0.2, 0.25) is 0 Å². The van der Waals surface area contributed by atoms with Gasteiger partial charge in [-0.25, -0.2) is 13.8 Å². The zero-order chi connectivity index (χ0) is 19.6. The minimum atomic E-state index is -0.621. The molecule has 1 aromatic heterocycles. The van der Waals surface area contributed by atoms with Crippen molar-refractivity contribution in [2.75, 3.05) is 0 Å². The number of rotatable bonds is 3. The third-order valence-corrected chi connectivity index (χ3v) is 4.23. The highest BCUT2D eigenvalue weighted by molar-refractivity contribution is 6.33. The number of aromatic hydroxyl groups is 1. The molecule has 0 aliphatic carbocycles. The fourth-order valence-electron chi connectivity index (χ4n) is 2.35. The molecule has 0 radical (unpaired) electrons. The predicted molar refractivity (Wildman–Crippen MR) is 99.5 cm³/mol. The van der Waals surface area contributed by atoms with Crippen LogP contribution in [0, 0.1) is 23.0 Å². The highest BCUT2D eigenvalue weighted by Crippen LogP contribution is 2.35. The highest BCUT2D eigenvalue weighted by atomic mass is 35.5. The molecule has 1 heterocycles. The van der Waals surface area contributed by atoms with E-state index < -0.39 is 17.4 Å². The zero-order valence-corrected chi connectivity index (χ0v) is 14.9. The molecule has 0 atom stereocenters. The molecule has 134 valence electrons. The molecular formula is C19H9Cl2F2N3O. The summed E-state index contributed by atoms with van der Waals surface area (Å²) < 4.78 is 26.8. The summed E-state index contributed by atoms with van der Waals surface area (Å²) >= 11 is 11.8. The average Bonchev–Trinajstić information content (AvgIpc) is 2.65. The molecule has 0 aliphatic rings. The molecule has 0 spiro atoms. The molecule has 0 amide bonds. The summed E-state index contributed by atoms with van der Waals surface area (Å²) in [7, 11) is 0. The van der Waals surface area contributed by atoms with Crippen LogP contribution in [0.2, 0.25) is 10.0 Å². The van der Waals surface area contributed by atoms with Gasteiger partial charge in [0.15, 0.2) is 11.5 Å². The monoisotopic (exact) mass is 403 g/mol. The number of hydrogen-bond donors (Lipinski definition) is 1. The van der Waals surface area contributed by atoms with Gasteiger partial charge in [0.05, 0.1) is 21.3 Å². The molecule has 27 heavy (non-hydrogen) atoms. The summed E-state index contributed by atoms with van der Waals surface area (Å²) in [5.41, 5.74) is 0.282. The molecule has 3 aromatic rings. The van der Waals surface area contributed by atoms with Gasteiger partial charge in [-0.1, -0.05) is 23.2 Å². The van der Waals surface area contributed by atoms with E-state index in [9.17, 15) is 19.1 Å². The Morgan fingerprint density at radius 2 is 1.85 bits per heavy atom. The number of halogens is 4. The second-order valence-corrected chi connectivity index (χ2v) is 6.16. The van der Waals surface area contributed by atoms with Crippen LogP contribution >= 0.6 is 23.2 Å². The summed E-state index contributed by atoms with van der Waals surface area (Å²) in [4.78, 5) is 8.12. The van der Waals surface area contributed by atoms with Crippen LogP contribution in [0.15, 0.2) is 53.7 Å². The first kappa shape index (κ1) is 18.8. The molecule has 8 heteroatoms. The van der Waals surface area contributed by atoms with Crippen LogP contribution < -0.4 is 0 Å². The molecule has 0 aliphatic heterocycles. The molecule has 0 saturated carbocycles. The molecule has 0 saturated heterocycles. The second kappa shape index (κ2) is 7.70. The number of aromatic nitrogens is 1. The Kier molecular flexibility index (Phi) is 5.36. The quantitative estimate of drug-likeness (QED) is 0.571. The van der Waals surface area contributed by atoms with E-state index in [0.717, 1.165) is 12.1 Å². The molecule has 0 unspecified atom stereocenters. The fourth-order valence-corrected chi connectivity index (χ4v) is 2.73. The number of hydrogen-bond acceptors (Lipinski definition) is 4. The molecule has 4 nitrogen and oxygen atoms in total. The van der Waals surface area contributed by atoms with Gasteiger partial charge in [0.1, 0.15) is 23.4 Å². The van der Waals surface area contributed by atoms with E-state index >= 15 is 0 Å². The van der Waals surface area contributed by atoms with Gasteiger partial charge in [-0.05, 0) is 42.5 Å². The Hall–Kier alpha value is -3.01. The van der Waals surface area contributed by atoms with Crippen LogP contribution in [-0.4, -0.2) is 15.8 Å². The lowest BCUT2D eigenvalue weighted by Crippen LogP contribution is -2.00. The number of nitriles is 1. The van der Waals surface area contributed by atoms with Crippen molar-refractivity contribution in [1.29, 1.82) is 5.26 Å². The van der Waals surface area contributed by atoms with Crippen molar-refractivity contribution >= 4 is 34.6 Å².